The largest absolute Gasteiger partial charge is 0.496 e. The number of methoxy groups -OCH3 is 1. The molecule has 2 N–H and O–H groups in total. The molecule has 3 aromatic carbocycles. The van der Waals surface area contributed by atoms with Gasteiger partial charge in [-0.2, -0.15) is 0 Å². The highest BCUT2D eigenvalue weighted by Crippen LogP contribution is 2.32. The monoisotopic (exact) mass is 354 g/mol. The summed E-state index contributed by atoms with van der Waals surface area (Å²) in [7, 11) is 1.65. The Morgan fingerprint density at radius 1 is 0.852 bits per heavy atom. The molecule has 0 aliphatic rings. The number of benzene rings is 3. The van der Waals surface area contributed by atoms with Crippen LogP contribution in [-0.4, -0.2) is 12.1 Å². The van der Waals surface area contributed by atoms with Crippen molar-refractivity contribution >= 4 is 27.8 Å². The van der Waals surface area contributed by atoms with Gasteiger partial charge < -0.3 is 10.5 Å². The van der Waals surface area contributed by atoms with Gasteiger partial charge in [-0.1, -0.05) is 42.5 Å². The Morgan fingerprint density at radius 3 is 2.48 bits per heavy atom. The van der Waals surface area contributed by atoms with Crippen molar-refractivity contribution in [1.29, 1.82) is 0 Å². The van der Waals surface area contributed by atoms with Crippen molar-refractivity contribution in [2.75, 3.05) is 12.8 Å². The number of ether oxygens (including phenoxy) is 1. The van der Waals surface area contributed by atoms with Gasteiger partial charge in [0.2, 0.25) is 0 Å². The number of anilines is 1. The fourth-order valence-electron chi connectivity index (χ4n) is 2.94. The minimum atomic E-state index is 0.621. The second kappa shape index (κ2) is 7.25. The number of pyridine rings is 1. The van der Waals surface area contributed by atoms with Crippen molar-refractivity contribution in [2.45, 2.75) is 0 Å². The van der Waals surface area contributed by atoms with E-state index in [9.17, 15) is 0 Å². The van der Waals surface area contributed by atoms with E-state index in [1.54, 1.807) is 13.3 Å². The van der Waals surface area contributed by atoms with Crippen molar-refractivity contribution in [3.8, 4) is 17.0 Å². The summed E-state index contributed by atoms with van der Waals surface area (Å²) in [6, 6.07) is 23.3. The highest BCUT2D eigenvalue weighted by atomic mass is 16.5. The van der Waals surface area contributed by atoms with Crippen LogP contribution in [-0.2, 0) is 0 Å². The normalized spacial score (nSPS) is 11.1. The first-order valence-corrected chi connectivity index (χ1v) is 8.54. The third-order valence-corrected chi connectivity index (χ3v) is 4.35. The zero-order valence-electron chi connectivity index (χ0n) is 14.8. The predicted molar refractivity (Wildman–Crippen MR) is 109 cm³/mol. The van der Waals surface area contributed by atoms with E-state index in [-0.39, 0.29) is 0 Å². The van der Waals surface area contributed by atoms with E-state index in [0.717, 1.165) is 27.8 Å². The van der Waals surface area contributed by atoms with E-state index in [4.69, 9.17) is 10.5 Å². The van der Waals surface area contributed by atoms with Crippen LogP contribution in [0.25, 0.3) is 22.0 Å². The molecule has 27 heavy (non-hydrogen) atoms. The number of nitrogen functional groups attached to an aromatic ring is 1. The average molecular weight is 354 g/mol. The summed E-state index contributed by atoms with van der Waals surface area (Å²) in [5.74, 6) is 0.781. The zero-order chi connectivity index (χ0) is 18.6. The summed E-state index contributed by atoms with van der Waals surface area (Å²) < 4.78 is 5.39. The summed E-state index contributed by atoms with van der Waals surface area (Å²) in [5, 5.41) is 10.6. The molecule has 132 valence electrons. The van der Waals surface area contributed by atoms with Crippen molar-refractivity contribution in [3.05, 3.63) is 79.0 Å². The van der Waals surface area contributed by atoms with Crippen molar-refractivity contribution in [3.63, 3.8) is 0 Å². The van der Waals surface area contributed by atoms with E-state index in [2.05, 4.69) is 15.2 Å². The number of para-hydroxylation sites is 1. The maximum Gasteiger partial charge on any atom is 0.128 e. The molecular formula is C22H18N4O. The van der Waals surface area contributed by atoms with E-state index in [1.165, 1.54) is 0 Å². The maximum atomic E-state index is 6.23. The Morgan fingerprint density at radius 2 is 1.67 bits per heavy atom. The highest BCUT2D eigenvalue weighted by molar-refractivity contribution is 5.97. The smallest absolute Gasteiger partial charge is 0.128 e. The molecule has 5 heteroatoms. The molecule has 0 saturated heterocycles. The molecule has 4 aromatic rings. The van der Waals surface area contributed by atoms with Crippen LogP contribution in [0.2, 0.25) is 0 Å². The Labute approximate surface area is 157 Å². The first-order valence-electron chi connectivity index (χ1n) is 8.54. The van der Waals surface area contributed by atoms with Gasteiger partial charge in [0, 0.05) is 10.9 Å². The van der Waals surface area contributed by atoms with E-state index < -0.39 is 0 Å². The van der Waals surface area contributed by atoms with Crippen LogP contribution in [0.1, 0.15) is 0 Å². The minimum Gasteiger partial charge on any atom is -0.496 e. The molecule has 0 fully saturated rings. The number of rotatable bonds is 4. The van der Waals surface area contributed by atoms with Gasteiger partial charge in [0.05, 0.1) is 24.7 Å². The standard InChI is InChI=1S/C22H18N4O/c1-27-21-9-5-4-8-18(21)19-13-11-16(14-24-19)25-26-20-12-10-15-6-2-3-7-17(15)22(20)23/h2-14H,23H2,1H3. The van der Waals surface area contributed by atoms with Gasteiger partial charge in [-0.3, -0.25) is 4.98 Å². The summed E-state index contributed by atoms with van der Waals surface area (Å²) in [4.78, 5) is 4.48. The van der Waals surface area contributed by atoms with Crippen LogP contribution in [0.15, 0.2) is 89.2 Å². The lowest BCUT2D eigenvalue weighted by atomic mass is 10.1. The van der Waals surface area contributed by atoms with Crippen molar-refractivity contribution in [2.24, 2.45) is 10.2 Å². The van der Waals surface area contributed by atoms with Gasteiger partial charge in [-0.15, -0.1) is 10.2 Å². The average Bonchev–Trinajstić information content (AvgIpc) is 2.74. The quantitative estimate of drug-likeness (QED) is 0.366. The number of nitrogens with zero attached hydrogens (tertiary/aromatic N) is 3. The third kappa shape index (κ3) is 3.35. The minimum absolute atomic E-state index is 0.621. The summed E-state index contributed by atoms with van der Waals surface area (Å²) in [6.45, 7) is 0. The zero-order valence-corrected chi connectivity index (χ0v) is 14.8. The van der Waals surface area contributed by atoms with Crippen LogP contribution in [0, 0.1) is 0 Å². The van der Waals surface area contributed by atoms with Crippen LogP contribution in [0.4, 0.5) is 17.1 Å². The lowest BCUT2D eigenvalue weighted by molar-refractivity contribution is 0.416. The fourth-order valence-corrected chi connectivity index (χ4v) is 2.94. The second-order valence-corrected chi connectivity index (χ2v) is 6.02. The maximum absolute atomic E-state index is 6.23. The molecule has 0 saturated carbocycles. The van der Waals surface area contributed by atoms with Gasteiger partial charge in [0.1, 0.15) is 17.1 Å². The predicted octanol–water partition coefficient (Wildman–Crippen LogP) is 5.91. The van der Waals surface area contributed by atoms with E-state index in [1.807, 2.05) is 72.8 Å². The number of hydrogen-bond acceptors (Lipinski definition) is 5. The molecule has 0 spiro atoms. The summed E-state index contributed by atoms with van der Waals surface area (Å²) in [5.41, 5.74) is 9.90. The van der Waals surface area contributed by atoms with Gasteiger partial charge in [-0.05, 0) is 35.7 Å². The summed E-state index contributed by atoms with van der Waals surface area (Å²) in [6.07, 6.45) is 1.68. The molecule has 5 nitrogen and oxygen atoms in total. The Kier molecular flexibility index (Phi) is 4.49. The molecule has 0 amide bonds. The van der Waals surface area contributed by atoms with Crippen LogP contribution in [0.5, 0.6) is 5.75 Å². The molecule has 0 bridgehead atoms. The second-order valence-electron chi connectivity index (χ2n) is 6.02. The highest BCUT2D eigenvalue weighted by Gasteiger charge is 2.06. The molecule has 0 aliphatic heterocycles. The molecular weight excluding hydrogens is 336 g/mol. The van der Waals surface area contributed by atoms with Crippen molar-refractivity contribution in [1.82, 2.24) is 4.98 Å². The Bertz CT molecular complexity index is 1120. The molecule has 0 aliphatic carbocycles. The van der Waals surface area contributed by atoms with Gasteiger partial charge in [0.25, 0.3) is 0 Å². The summed E-state index contributed by atoms with van der Waals surface area (Å²) >= 11 is 0. The van der Waals surface area contributed by atoms with E-state index in [0.29, 0.717) is 17.1 Å². The number of azo groups is 1. The van der Waals surface area contributed by atoms with Crippen LogP contribution >= 0.6 is 0 Å². The van der Waals surface area contributed by atoms with Crippen LogP contribution in [0.3, 0.4) is 0 Å². The number of fused-ring (bicyclic) bond motifs is 1. The molecule has 0 unspecified atom stereocenters. The van der Waals surface area contributed by atoms with E-state index >= 15 is 0 Å². The van der Waals surface area contributed by atoms with Crippen LogP contribution < -0.4 is 10.5 Å². The SMILES string of the molecule is COc1ccccc1-c1ccc(N=Nc2ccc3ccccc3c2N)cn1. The van der Waals surface area contributed by atoms with Gasteiger partial charge in [0.15, 0.2) is 0 Å². The molecule has 0 atom stereocenters. The Balaban J connectivity index is 1.61. The third-order valence-electron chi connectivity index (χ3n) is 4.35. The van der Waals surface area contributed by atoms with Gasteiger partial charge in [-0.25, -0.2) is 0 Å². The lowest BCUT2D eigenvalue weighted by Crippen LogP contribution is -1.89. The number of hydrogen-bond donors (Lipinski definition) is 1. The molecule has 1 aromatic heterocycles. The topological polar surface area (TPSA) is 72.9 Å². The first-order chi connectivity index (χ1) is 13.3. The molecule has 0 radical (unpaired) electrons. The molecule has 1 heterocycles. The lowest BCUT2D eigenvalue weighted by Gasteiger charge is -2.07. The van der Waals surface area contributed by atoms with Crippen molar-refractivity contribution < 1.29 is 4.74 Å². The van der Waals surface area contributed by atoms with Gasteiger partial charge >= 0.3 is 0 Å². The Hall–Kier alpha value is -3.73. The fraction of sp³-hybridized carbons (Fsp3) is 0.0455. The number of aromatic nitrogens is 1. The first kappa shape index (κ1) is 16.7. The number of nitrogens with two attached hydrogens (primary N) is 1. The molecule has 4 rings (SSSR count).